The van der Waals surface area contributed by atoms with Crippen molar-refractivity contribution in [3.63, 3.8) is 0 Å². The minimum absolute atomic E-state index is 0.310. The third kappa shape index (κ3) is 3.14. The van der Waals surface area contributed by atoms with Crippen LogP contribution in [0.4, 0.5) is 4.79 Å². The van der Waals surface area contributed by atoms with Gasteiger partial charge in [0.25, 0.3) is 0 Å². The van der Waals surface area contributed by atoms with Crippen molar-refractivity contribution in [1.29, 1.82) is 0 Å². The lowest BCUT2D eigenvalue weighted by Gasteiger charge is -2.14. The van der Waals surface area contributed by atoms with E-state index in [0.29, 0.717) is 11.3 Å². The van der Waals surface area contributed by atoms with E-state index in [1.165, 1.54) is 0 Å². The van der Waals surface area contributed by atoms with Gasteiger partial charge < -0.3 is 20.3 Å². The van der Waals surface area contributed by atoms with E-state index in [0.717, 1.165) is 0 Å². The summed E-state index contributed by atoms with van der Waals surface area (Å²) in [6.45, 7) is -0.310. The minimum Gasteiger partial charge on any atom is -0.497 e. The highest BCUT2D eigenvalue weighted by atomic mass is 16.6. The van der Waals surface area contributed by atoms with Crippen LogP contribution in [0.5, 0.6) is 5.75 Å². The van der Waals surface area contributed by atoms with E-state index in [1.807, 2.05) is 0 Å². The number of hydrogen-bond acceptors (Lipinski definition) is 4. The molecule has 1 unspecified atom stereocenters. The van der Waals surface area contributed by atoms with Gasteiger partial charge in [-0.15, -0.1) is 0 Å². The molecule has 0 aliphatic carbocycles. The molecule has 0 saturated heterocycles. The highest BCUT2D eigenvalue weighted by Gasteiger charge is 2.13. The Morgan fingerprint density at radius 2 is 2.07 bits per heavy atom. The first kappa shape index (κ1) is 11.3. The Bertz CT molecular complexity index is 323. The highest BCUT2D eigenvalue weighted by Crippen LogP contribution is 2.19. The summed E-state index contributed by atoms with van der Waals surface area (Å²) in [4.78, 5) is 10.5. The maximum atomic E-state index is 10.5. The summed E-state index contributed by atoms with van der Waals surface area (Å²) in [5.41, 5.74) is 5.53. The predicted molar refractivity (Wildman–Crippen MR) is 53.5 cm³/mol. The Morgan fingerprint density at radius 3 is 2.47 bits per heavy atom. The molecule has 1 amide bonds. The van der Waals surface area contributed by atoms with E-state index in [-0.39, 0.29) is 6.61 Å². The lowest BCUT2D eigenvalue weighted by Crippen LogP contribution is -2.19. The van der Waals surface area contributed by atoms with E-state index >= 15 is 0 Å². The fourth-order valence-corrected chi connectivity index (χ4v) is 1.17. The molecule has 0 aliphatic heterocycles. The second-order valence-corrected chi connectivity index (χ2v) is 2.88. The number of carbonyl (C=O) groups excluding carboxylic acids is 1. The van der Waals surface area contributed by atoms with E-state index in [1.54, 1.807) is 31.4 Å². The SMILES string of the molecule is COc1ccc(C(CO)OC(N)=O)cc1. The normalized spacial score (nSPS) is 11.9. The van der Waals surface area contributed by atoms with Gasteiger partial charge in [0.05, 0.1) is 13.7 Å². The molecule has 0 fully saturated rings. The number of benzene rings is 1. The zero-order valence-corrected chi connectivity index (χ0v) is 8.34. The average molecular weight is 211 g/mol. The molecule has 0 radical (unpaired) electrons. The van der Waals surface area contributed by atoms with E-state index in [9.17, 15) is 4.79 Å². The molecule has 5 heteroatoms. The molecule has 1 rings (SSSR count). The summed E-state index contributed by atoms with van der Waals surface area (Å²) >= 11 is 0. The third-order valence-electron chi connectivity index (χ3n) is 1.91. The topological polar surface area (TPSA) is 81.8 Å². The molecule has 3 N–H and O–H groups in total. The summed E-state index contributed by atoms with van der Waals surface area (Å²) < 4.78 is 9.68. The van der Waals surface area contributed by atoms with Gasteiger partial charge in [0.2, 0.25) is 0 Å². The number of ether oxygens (including phenoxy) is 2. The number of aliphatic hydroxyl groups excluding tert-OH is 1. The molecule has 1 atom stereocenters. The molecule has 0 aliphatic rings. The molecule has 15 heavy (non-hydrogen) atoms. The maximum Gasteiger partial charge on any atom is 0.405 e. The van der Waals surface area contributed by atoms with Crippen LogP contribution in [0.25, 0.3) is 0 Å². The van der Waals surface area contributed by atoms with Gasteiger partial charge in [-0.05, 0) is 17.7 Å². The number of rotatable bonds is 4. The zero-order valence-electron chi connectivity index (χ0n) is 8.34. The van der Waals surface area contributed by atoms with Crippen molar-refractivity contribution in [3.05, 3.63) is 29.8 Å². The zero-order chi connectivity index (χ0) is 11.3. The molecular weight excluding hydrogens is 198 g/mol. The number of aliphatic hydroxyl groups is 1. The standard InChI is InChI=1S/C10H13NO4/c1-14-8-4-2-7(3-5-8)9(6-12)15-10(11)13/h2-5,9,12H,6H2,1H3,(H2,11,13). The Labute approximate surface area is 87.4 Å². The van der Waals surface area contributed by atoms with Crippen molar-refractivity contribution in [2.75, 3.05) is 13.7 Å². The van der Waals surface area contributed by atoms with Crippen molar-refractivity contribution in [2.45, 2.75) is 6.10 Å². The minimum atomic E-state index is -0.912. The molecule has 0 bridgehead atoms. The van der Waals surface area contributed by atoms with Crippen LogP contribution in [0.3, 0.4) is 0 Å². The number of amides is 1. The van der Waals surface area contributed by atoms with Gasteiger partial charge in [-0.3, -0.25) is 0 Å². The van der Waals surface area contributed by atoms with Crippen molar-refractivity contribution >= 4 is 6.09 Å². The lowest BCUT2D eigenvalue weighted by atomic mass is 10.1. The Morgan fingerprint density at radius 1 is 1.47 bits per heavy atom. The fourth-order valence-electron chi connectivity index (χ4n) is 1.17. The van der Waals surface area contributed by atoms with Crippen LogP contribution >= 0.6 is 0 Å². The molecule has 82 valence electrons. The number of hydrogen-bond donors (Lipinski definition) is 2. The predicted octanol–water partition coefficient (Wildman–Crippen LogP) is 0.824. The third-order valence-corrected chi connectivity index (χ3v) is 1.91. The summed E-state index contributed by atoms with van der Waals surface area (Å²) in [5, 5.41) is 8.99. The van der Waals surface area contributed by atoms with E-state index in [4.69, 9.17) is 20.3 Å². The molecule has 5 nitrogen and oxygen atoms in total. The molecule has 0 heterocycles. The van der Waals surface area contributed by atoms with Crippen molar-refractivity contribution in [2.24, 2.45) is 5.73 Å². The average Bonchev–Trinajstić information content (AvgIpc) is 2.26. The summed E-state index contributed by atoms with van der Waals surface area (Å²) in [6.07, 6.45) is -1.64. The van der Waals surface area contributed by atoms with Crippen molar-refractivity contribution < 1.29 is 19.4 Å². The number of carbonyl (C=O) groups is 1. The van der Waals surface area contributed by atoms with Crippen LogP contribution in [0.2, 0.25) is 0 Å². The van der Waals surface area contributed by atoms with Gasteiger partial charge >= 0.3 is 6.09 Å². The monoisotopic (exact) mass is 211 g/mol. The van der Waals surface area contributed by atoms with E-state index < -0.39 is 12.2 Å². The summed E-state index contributed by atoms with van der Waals surface area (Å²) in [5.74, 6) is 0.689. The Kier molecular flexibility index (Phi) is 3.93. The van der Waals surface area contributed by atoms with Crippen molar-refractivity contribution in [1.82, 2.24) is 0 Å². The van der Waals surface area contributed by atoms with Gasteiger partial charge in [0.1, 0.15) is 5.75 Å². The van der Waals surface area contributed by atoms with Gasteiger partial charge in [-0.25, -0.2) is 4.79 Å². The van der Waals surface area contributed by atoms with Crippen molar-refractivity contribution in [3.8, 4) is 5.75 Å². The van der Waals surface area contributed by atoms with E-state index in [2.05, 4.69) is 0 Å². The Hall–Kier alpha value is -1.75. The highest BCUT2D eigenvalue weighted by molar-refractivity contribution is 5.65. The number of methoxy groups -OCH3 is 1. The first-order valence-corrected chi connectivity index (χ1v) is 4.38. The first-order valence-electron chi connectivity index (χ1n) is 4.38. The van der Waals surface area contributed by atoms with Crippen LogP contribution in [-0.4, -0.2) is 24.9 Å². The number of primary amides is 1. The van der Waals surface area contributed by atoms with Gasteiger partial charge in [0.15, 0.2) is 6.10 Å². The molecular formula is C10H13NO4. The quantitative estimate of drug-likeness (QED) is 0.772. The summed E-state index contributed by atoms with van der Waals surface area (Å²) in [6, 6.07) is 6.82. The fraction of sp³-hybridized carbons (Fsp3) is 0.300. The Balaban J connectivity index is 2.78. The van der Waals surface area contributed by atoms with Crippen LogP contribution in [0, 0.1) is 0 Å². The largest absolute Gasteiger partial charge is 0.497 e. The lowest BCUT2D eigenvalue weighted by molar-refractivity contribution is 0.0632. The molecule has 0 aromatic heterocycles. The van der Waals surface area contributed by atoms with Crippen LogP contribution in [-0.2, 0) is 4.74 Å². The molecule has 0 spiro atoms. The first-order chi connectivity index (χ1) is 7.17. The second kappa shape index (κ2) is 5.21. The second-order valence-electron chi connectivity index (χ2n) is 2.88. The molecule has 1 aromatic rings. The smallest absolute Gasteiger partial charge is 0.405 e. The van der Waals surface area contributed by atoms with Gasteiger partial charge in [-0.2, -0.15) is 0 Å². The maximum absolute atomic E-state index is 10.5. The van der Waals surface area contributed by atoms with Gasteiger partial charge in [0, 0.05) is 0 Å². The van der Waals surface area contributed by atoms with Crippen LogP contribution in [0.15, 0.2) is 24.3 Å². The molecule has 1 aromatic carbocycles. The molecule has 0 saturated carbocycles. The van der Waals surface area contributed by atoms with Gasteiger partial charge in [-0.1, -0.05) is 12.1 Å². The number of nitrogens with two attached hydrogens (primary N) is 1. The summed E-state index contributed by atoms with van der Waals surface area (Å²) in [7, 11) is 1.55. The van der Waals surface area contributed by atoms with Crippen LogP contribution < -0.4 is 10.5 Å². The van der Waals surface area contributed by atoms with Crippen LogP contribution in [0.1, 0.15) is 11.7 Å².